The summed E-state index contributed by atoms with van der Waals surface area (Å²) in [4.78, 5) is 11.2. The minimum absolute atomic E-state index is 0.0179. The molecule has 1 rings (SSSR count). The molecule has 4 nitrogen and oxygen atoms in total. The van der Waals surface area contributed by atoms with E-state index in [-0.39, 0.29) is 5.91 Å². The largest absolute Gasteiger partial charge is 0.352 e. The van der Waals surface area contributed by atoms with Gasteiger partial charge in [-0.3, -0.25) is 4.79 Å². The molecule has 0 heterocycles. The minimum Gasteiger partial charge on any atom is -0.352 e. The Morgan fingerprint density at radius 2 is 2.00 bits per heavy atom. The van der Waals surface area contributed by atoms with Crippen molar-refractivity contribution in [3.05, 3.63) is 35.4 Å². The lowest BCUT2D eigenvalue weighted by Crippen LogP contribution is -2.25. The second-order valence-electron chi connectivity index (χ2n) is 3.34. The summed E-state index contributed by atoms with van der Waals surface area (Å²) in [5.74, 6) is -0.0179. The first-order valence-electron chi connectivity index (χ1n) is 5.01. The molecule has 0 spiro atoms. The van der Waals surface area contributed by atoms with Gasteiger partial charge in [-0.25, -0.2) is 0 Å². The second kappa shape index (κ2) is 6.16. The van der Waals surface area contributed by atoms with Gasteiger partial charge in [-0.1, -0.05) is 24.3 Å². The van der Waals surface area contributed by atoms with Gasteiger partial charge in [0, 0.05) is 26.1 Å². The van der Waals surface area contributed by atoms with Crippen LogP contribution in [0.15, 0.2) is 24.3 Å². The van der Waals surface area contributed by atoms with Gasteiger partial charge in [0.1, 0.15) is 0 Å². The summed E-state index contributed by atoms with van der Waals surface area (Å²) in [7, 11) is 0. The van der Waals surface area contributed by atoms with Crippen LogP contribution in [-0.2, 0) is 17.9 Å². The molecule has 0 bridgehead atoms. The molecule has 0 atom stereocenters. The SMILES string of the molecule is NCCC(=O)NCc1cccc(CN)c1. The fourth-order valence-corrected chi connectivity index (χ4v) is 1.29. The number of hydrogen-bond donors (Lipinski definition) is 3. The molecule has 0 fully saturated rings. The van der Waals surface area contributed by atoms with Crippen LogP contribution in [-0.4, -0.2) is 12.5 Å². The van der Waals surface area contributed by atoms with E-state index in [0.29, 0.717) is 26.1 Å². The lowest BCUT2D eigenvalue weighted by molar-refractivity contribution is -0.121. The van der Waals surface area contributed by atoms with Gasteiger partial charge in [0.05, 0.1) is 0 Å². The van der Waals surface area contributed by atoms with E-state index in [1.54, 1.807) is 0 Å². The Morgan fingerprint density at radius 3 is 2.67 bits per heavy atom. The Labute approximate surface area is 89.6 Å². The van der Waals surface area contributed by atoms with Gasteiger partial charge in [-0.15, -0.1) is 0 Å². The number of hydrogen-bond acceptors (Lipinski definition) is 3. The molecule has 4 heteroatoms. The van der Waals surface area contributed by atoms with E-state index >= 15 is 0 Å². The first kappa shape index (κ1) is 11.7. The fraction of sp³-hybridized carbons (Fsp3) is 0.364. The molecule has 82 valence electrons. The molecular weight excluding hydrogens is 190 g/mol. The van der Waals surface area contributed by atoms with Crippen molar-refractivity contribution in [1.82, 2.24) is 5.32 Å². The highest BCUT2D eigenvalue weighted by Gasteiger charge is 1.99. The number of carbonyl (C=O) groups excluding carboxylic acids is 1. The molecule has 0 aliphatic rings. The number of carbonyl (C=O) groups is 1. The third-order valence-electron chi connectivity index (χ3n) is 2.09. The number of nitrogens with one attached hydrogen (secondary N) is 1. The molecule has 0 aliphatic carbocycles. The zero-order chi connectivity index (χ0) is 11.1. The smallest absolute Gasteiger partial charge is 0.221 e. The Morgan fingerprint density at radius 1 is 1.27 bits per heavy atom. The first-order valence-corrected chi connectivity index (χ1v) is 5.01. The highest BCUT2D eigenvalue weighted by Crippen LogP contribution is 2.04. The topological polar surface area (TPSA) is 81.1 Å². The summed E-state index contributed by atoms with van der Waals surface area (Å²) in [6.45, 7) is 1.44. The maximum Gasteiger partial charge on any atom is 0.221 e. The van der Waals surface area contributed by atoms with Gasteiger partial charge in [0.2, 0.25) is 5.91 Å². The van der Waals surface area contributed by atoms with Crippen molar-refractivity contribution in [2.75, 3.05) is 6.54 Å². The minimum atomic E-state index is -0.0179. The summed E-state index contributed by atoms with van der Waals surface area (Å²) < 4.78 is 0. The summed E-state index contributed by atoms with van der Waals surface area (Å²) in [5, 5.41) is 2.79. The van der Waals surface area contributed by atoms with Crippen molar-refractivity contribution < 1.29 is 4.79 Å². The zero-order valence-corrected chi connectivity index (χ0v) is 8.70. The summed E-state index contributed by atoms with van der Waals surface area (Å²) in [5.41, 5.74) is 12.9. The van der Waals surface area contributed by atoms with E-state index in [2.05, 4.69) is 5.32 Å². The number of amides is 1. The molecule has 0 aliphatic heterocycles. The van der Waals surface area contributed by atoms with Crippen LogP contribution >= 0.6 is 0 Å². The number of nitrogens with two attached hydrogens (primary N) is 2. The molecule has 1 aromatic carbocycles. The molecule has 0 unspecified atom stereocenters. The van der Waals surface area contributed by atoms with Crippen LogP contribution < -0.4 is 16.8 Å². The van der Waals surface area contributed by atoms with Crippen LogP contribution in [0.2, 0.25) is 0 Å². The Bertz CT molecular complexity index is 325. The predicted octanol–water partition coefficient (Wildman–Crippen LogP) is 0.110. The van der Waals surface area contributed by atoms with E-state index in [9.17, 15) is 4.79 Å². The van der Waals surface area contributed by atoms with E-state index in [1.807, 2.05) is 24.3 Å². The van der Waals surface area contributed by atoms with Crippen molar-refractivity contribution >= 4 is 5.91 Å². The van der Waals surface area contributed by atoms with Gasteiger partial charge >= 0.3 is 0 Å². The van der Waals surface area contributed by atoms with Crippen LogP contribution in [0.25, 0.3) is 0 Å². The monoisotopic (exact) mass is 207 g/mol. The van der Waals surface area contributed by atoms with Crippen LogP contribution in [0, 0.1) is 0 Å². The molecule has 0 saturated heterocycles. The molecule has 5 N–H and O–H groups in total. The third-order valence-corrected chi connectivity index (χ3v) is 2.09. The van der Waals surface area contributed by atoms with E-state index in [4.69, 9.17) is 11.5 Å². The first-order chi connectivity index (χ1) is 7.26. The predicted molar refractivity (Wildman–Crippen MR) is 59.9 cm³/mol. The van der Waals surface area contributed by atoms with E-state index in [1.165, 1.54) is 0 Å². The van der Waals surface area contributed by atoms with Crippen molar-refractivity contribution in [2.24, 2.45) is 11.5 Å². The second-order valence-corrected chi connectivity index (χ2v) is 3.34. The van der Waals surface area contributed by atoms with Crippen LogP contribution in [0.3, 0.4) is 0 Å². The standard InChI is InChI=1S/C11H17N3O/c12-5-4-11(15)14-8-10-3-1-2-9(6-10)7-13/h1-3,6H,4-5,7-8,12-13H2,(H,14,15). The molecule has 0 aromatic heterocycles. The zero-order valence-electron chi connectivity index (χ0n) is 8.70. The maximum absolute atomic E-state index is 11.2. The average Bonchev–Trinajstić information content (AvgIpc) is 2.27. The summed E-state index contributed by atoms with van der Waals surface area (Å²) in [6, 6.07) is 7.85. The van der Waals surface area contributed by atoms with Crippen molar-refractivity contribution in [3.8, 4) is 0 Å². The lowest BCUT2D eigenvalue weighted by Gasteiger charge is -2.05. The summed E-state index contributed by atoms with van der Waals surface area (Å²) >= 11 is 0. The average molecular weight is 207 g/mol. The fourth-order valence-electron chi connectivity index (χ4n) is 1.29. The van der Waals surface area contributed by atoms with Gasteiger partial charge in [-0.2, -0.15) is 0 Å². The summed E-state index contributed by atoms with van der Waals surface area (Å²) in [6.07, 6.45) is 0.372. The third kappa shape index (κ3) is 4.10. The highest BCUT2D eigenvalue weighted by molar-refractivity contribution is 5.76. The van der Waals surface area contributed by atoms with Crippen LogP contribution in [0.1, 0.15) is 17.5 Å². The number of rotatable bonds is 5. The van der Waals surface area contributed by atoms with Crippen LogP contribution in [0.4, 0.5) is 0 Å². The van der Waals surface area contributed by atoms with Gasteiger partial charge in [-0.05, 0) is 11.1 Å². The molecule has 0 saturated carbocycles. The Balaban J connectivity index is 2.46. The van der Waals surface area contributed by atoms with E-state index in [0.717, 1.165) is 11.1 Å². The quantitative estimate of drug-likeness (QED) is 0.641. The molecule has 15 heavy (non-hydrogen) atoms. The molecule has 0 radical (unpaired) electrons. The maximum atomic E-state index is 11.2. The van der Waals surface area contributed by atoms with Gasteiger partial charge in [0.25, 0.3) is 0 Å². The molecular formula is C11H17N3O. The van der Waals surface area contributed by atoms with Gasteiger partial charge < -0.3 is 16.8 Å². The number of benzene rings is 1. The van der Waals surface area contributed by atoms with Crippen molar-refractivity contribution in [2.45, 2.75) is 19.5 Å². The van der Waals surface area contributed by atoms with Crippen molar-refractivity contribution in [1.29, 1.82) is 0 Å². The Kier molecular flexibility index (Phi) is 4.80. The van der Waals surface area contributed by atoms with Crippen LogP contribution in [0.5, 0.6) is 0 Å². The van der Waals surface area contributed by atoms with Gasteiger partial charge in [0.15, 0.2) is 0 Å². The molecule has 1 amide bonds. The lowest BCUT2D eigenvalue weighted by atomic mass is 10.1. The Hall–Kier alpha value is -1.39. The highest BCUT2D eigenvalue weighted by atomic mass is 16.1. The van der Waals surface area contributed by atoms with E-state index < -0.39 is 0 Å². The normalized spacial score (nSPS) is 10.0. The van der Waals surface area contributed by atoms with Crippen molar-refractivity contribution in [3.63, 3.8) is 0 Å². The molecule has 1 aromatic rings.